The second kappa shape index (κ2) is 4.11. The van der Waals surface area contributed by atoms with E-state index in [1.165, 1.54) is 0 Å². The van der Waals surface area contributed by atoms with E-state index < -0.39 is 19.1 Å². The number of hydrogen-bond acceptors (Lipinski definition) is 2. The van der Waals surface area contributed by atoms with Gasteiger partial charge in [-0.25, -0.2) is 8.78 Å². The first kappa shape index (κ1) is 11.9. The van der Waals surface area contributed by atoms with Crippen LogP contribution in [0.1, 0.15) is 20.8 Å². The average molecular weight is 208 g/mol. The van der Waals surface area contributed by atoms with E-state index in [1.54, 1.807) is 0 Å². The maximum Gasteiger partial charge on any atom is 0.226 e. The van der Waals surface area contributed by atoms with Gasteiger partial charge in [-0.05, 0) is 5.92 Å². The molecule has 1 heterocycles. The summed E-state index contributed by atoms with van der Waals surface area (Å²) in [4.78, 5) is 0. The lowest BCUT2D eigenvalue weighted by Gasteiger charge is -2.44. The topological polar surface area (TPSA) is 18.5 Å². The first-order valence-corrected chi connectivity index (χ1v) is 4.88. The summed E-state index contributed by atoms with van der Waals surface area (Å²) in [6.07, 6.45) is 0. The Balaban J connectivity index is 2.60. The van der Waals surface area contributed by atoms with Crippen molar-refractivity contribution in [3.8, 4) is 0 Å². The SMILES string of the molecule is CC(C)C1(C)COC(CF)(CF)OC1. The van der Waals surface area contributed by atoms with E-state index in [0.29, 0.717) is 19.1 Å². The summed E-state index contributed by atoms with van der Waals surface area (Å²) >= 11 is 0. The van der Waals surface area contributed by atoms with Crippen molar-refractivity contribution in [3.63, 3.8) is 0 Å². The monoisotopic (exact) mass is 208 g/mol. The smallest absolute Gasteiger partial charge is 0.226 e. The van der Waals surface area contributed by atoms with Crippen molar-refractivity contribution in [3.05, 3.63) is 0 Å². The van der Waals surface area contributed by atoms with Gasteiger partial charge in [-0.15, -0.1) is 0 Å². The van der Waals surface area contributed by atoms with Gasteiger partial charge in [0.25, 0.3) is 0 Å². The molecule has 0 saturated carbocycles. The largest absolute Gasteiger partial charge is 0.345 e. The van der Waals surface area contributed by atoms with Gasteiger partial charge < -0.3 is 9.47 Å². The van der Waals surface area contributed by atoms with Crippen LogP contribution in [0.25, 0.3) is 0 Å². The molecule has 0 aliphatic carbocycles. The maximum absolute atomic E-state index is 12.5. The Morgan fingerprint density at radius 1 is 1.14 bits per heavy atom. The molecule has 0 spiro atoms. The van der Waals surface area contributed by atoms with Crippen molar-refractivity contribution in [2.45, 2.75) is 26.6 Å². The zero-order chi connectivity index (χ0) is 10.8. The van der Waals surface area contributed by atoms with E-state index in [9.17, 15) is 8.78 Å². The zero-order valence-electron chi connectivity index (χ0n) is 8.98. The molecule has 0 aromatic rings. The third-order valence-corrected chi connectivity index (χ3v) is 3.13. The molecule has 0 aromatic heterocycles. The summed E-state index contributed by atoms with van der Waals surface area (Å²) in [6.45, 7) is 4.92. The summed E-state index contributed by atoms with van der Waals surface area (Å²) < 4.78 is 35.3. The van der Waals surface area contributed by atoms with E-state index in [-0.39, 0.29) is 5.41 Å². The second-order valence-corrected chi connectivity index (χ2v) is 4.56. The summed E-state index contributed by atoms with van der Waals surface area (Å²) in [6, 6.07) is 0. The van der Waals surface area contributed by atoms with Crippen LogP contribution in [0.4, 0.5) is 8.78 Å². The Morgan fingerprint density at radius 2 is 1.57 bits per heavy atom. The van der Waals surface area contributed by atoms with Crippen LogP contribution >= 0.6 is 0 Å². The molecule has 1 saturated heterocycles. The van der Waals surface area contributed by atoms with Crippen LogP contribution in [0.5, 0.6) is 0 Å². The summed E-state index contributed by atoms with van der Waals surface area (Å²) in [7, 11) is 0. The van der Waals surface area contributed by atoms with Crippen molar-refractivity contribution >= 4 is 0 Å². The van der Waals surface area contributed by atoms with Crippen molar-refractivity contribution in [2.24, 2.45) is 11.3 Å². The second-order valence-electron chi connectivity index (χ2n) is 4.56. The Kier molecular flexibility index (Phi) is 3.48. The molecule has 0 bridgehead atoms. The lowest BCUT2D eigenvalue weighted by molar-refractivity contribution is -0.316. The van der Waals surface area contributed by atoms with Crippen LogP contribution in [0.2, 0.25) is 0 Å². The van der Waals surface area contributed by atoms with Gasteiger partial charge in [-0.3, -0.25) is 0 Å². The number of hydrogen-bond donors (Lipinski definition) is 0. The summed E-state index contributed by atoms with van der Waals surface area (Å²) in [5, 5.41) is 0. The quantitative estimate of drug-likeness (QED) is 0.708. The normalized spacial score (nSPS) is 25.3. The van der Waals surface area contributed by atoms with Crippen molar-refractivity contribution in [2.75, 3.05) is 26.6 Å². The lowest BCUT2D eigenvalue weighted by atomic mass is 9.80. The van der Waals surface area contributed by atoms with Crippen molar-refractivity contribution in [1.82, 2.24) is 0 Å². The number of ether oxygens (including phenoxy) is 2. The number of rotatable bonds is 3. The van der Waals surface area contributed by atoms with E-state index >= 15 is 0 Å². The highest BCUT2D eigenvalue weighted by Crippen LogP contribution is 2.35. The van der Waals surface area contributed by atoms with Crippen molar-refractivity contribution in [1.29, 1.82) is 0 Å². The molecule has 0 atom stereocenters. The molecular weight excluding hydrogens is 190 g/mol. The Hall–Kier alpha value is -0.220. The summed E-state index contributed by atoms with van der Waals surface area (Å²) in [5.41, 5.74) is -0.145. The van der Waals surface area contributed by atoms with Crippen LogP contribution in [0.15, 0.2) is 0 Å². The average Bonchev–Trinajstić information content (AvgIpc) is 2.20. The highest BCUT2D eigenvalue weighted by molar-refractivity contribution is 4.84. The molecule has 0 radical (unpaired) electrons. The molecule has 1 rings (SSSR count). The fraction of sp³-hybridized carbons (Fsp3) is 1.00. The lowest BCUT2D eigenvalue weighted by Crippen LogP contribution is -2.53. The molecule has 84 valence electrons. The first-order chi connectivity index (χ1) is 6.48. The van der Waals surface area contributed by atoms with Crippen LogP contribution in [0.3, 0.4) is 0 Å². The van der Waals surface area contributed by atoms with Crippen molar-refractivity contribution < 1.29 is 18.3 Å². The predicted molar refractivity (Wildman–Crippen MR) is 49.5 cm³/mol. The fourth-order valence-electron chi connectivity index (χ4n) is 1.20. The van der Waals surface area contributed by atoms with E-state index in [4.69, 9.17) is 9.47 Å². The minimum atomic E-state index is -1.63. The standard InChI is InChI=1S/C10H18F2O2/c1-8(2)9(3)6-13-10(4-11,5-12)14-7-9/h8H,4-7H2,1-3H3. The maximum atomic E-state index is 12.5. The Bertz CT molecular complexity index is 175. The first-order valence-electron chi connectivity index (χ1n) is 4.88. The zero-order valence-corrected chi connectivity index (χ0v) is 8.98. The highest BCUT2D eigenvalue weighted by atomic mass is 19.1. The van der Waals surface area contributed by atoms with Crippen LogP contribution in [0, 0.1) is 11.3 Å². The fourth-order valence-corrected chi connectivity index (χ4v) is 1.20. The molecule has 0 N–H and O–H groups in total. The van der Waals surface area contributed by atoms with Gasteiger partial charge in [-0.2, -0.15) is 0 Å². The van der Waals surface area contributed by atoms with Gasteiger partial charge in [0.2, 0.25) is 5.79 Å². The molecular formula is C10H18F2O2. The van der Waals surface area contributed by atoms with Gasteiger partial charge in [0.05, 0.1) is 13.2 Å². The molecule has 1 fully saturated rings. The van der Waals surface area contributed by atoms with E-state index in [1.807, 2.05) is 20.8 Å². The molecule has 2 nitrogen and oxygen atoms in total. The Morgan fingerprint density at radius 3 is 1.86 bits per heavy atom. The molecule has 1 aliphatic heterocycles. The predicted octanol–water partition coefficient (Wildman–Crippen LogP) is 2.33. The minimum Gasteiger partial charge on any atom is -0.345 e. The van der Waals surface area contributed by atoms with Gasteiger partial charge >= 0.3 is 0 Å². The molecule has 0 unspecified atom stereocenters. The molecule has 4 heteroatoms. The van der Waals surface area contributed by atoms with Gasteiger partial charge in [0, 0.05) is 5.41 Å². The molecule has 0 aromatic carbocycles. The van der Waals surface area contributed by atoms with Crippen LogP contribution in [-0.4, -0.2) is 32.4 Å². The number of alkyl halides is 2. The summed E-state index contributed by atoms with van der Waals surface area (Å²) in [5.74, 6) is -1.27. The van der Waals surface area contributed by atoms with E-state index in [0.717, 1.165) is 0 Å². The number of halogens is 2. The highest BCUT2D eigenvalue weighted by Gasteiger charge is 2.44. The minimum absolute atomic E-state index is 0.145. The third-order valence-electron chi connectivity index (χ3n) is 3.13. The van der Waals surface area contributed by atoms with E-state index in [2.05, 4.69) is 0 Å². The molecule has 14 heavy (non-hydrogen) atoms. The van der Waals surface area contributed by atoms with Gasteiger partial charge in [0.15, 0.2) is 0 Å². The molecule has 1 aliphatic rings. The van der Waals surface area contributed by atoms with Gasteiger partial charge in [-0.1, -0.05) is 20.8 Å². The van der Waals surface area contributed by atoms with Gasteiger partial charge in [0.1, 0.15) is 13.3 Å². The van der Waals surface area contributed by atoms with Crippen LogP contribution in [-0.2, 0) is 9.47 Å². The van der Waals surface area contributed by atoms with Crippen LogP contribution < -0.4 is 0 Å². The Labute approximate surface area is 83.6 Å². The third kappa shape index (κ3) is 2.06. The molecule has 0 amide bonds.